The average Bonchev–Trinajstić information content (AvgIpc) is 2.64. The number of anilines is 1. The number of pyridine rings is 1. The number of esters is 1. The van der Waals surface area contributed by atoms with E-state index in [1.54, 1.807) is 25.2 Å². The molecule has 0 aliphatic heterocycles. The van der Waals surface area contributed by atoms with Crippen molar-refractivity contribution in [3.63, 3.8) is 0 Å². The Labute approximate surface area is 156 Å². The zero-order valence-electron chi connectivity index (χ0n) is 15.5. The number of aromatic nitrogens is 1. The van der Waals surface area contributed by atoms with Crippen molar-refractivity contribution >= 4 is 17.6 Å². The lowest BCUT2D eigenvalue weighted by molar-refractivity contribution is -0.119. The van der Waals surface area contributed by atoms with Crippen LogP contribution in [0.2, 0.25) is 0 Å². The highest BCUT2D eigenvalue weighted by atomic mass is 16.5. The van der Waals surface area contributed by atoms with Gasteiger partial charge in [0.05, 0.1) is 24.5 Å². The third kappa shape index (κ3) is 5.60. The van der Waals surface area contributed by atoms with E-state index < -0.39 is 18.5 Å². The molecule has 0 bridgehead atoms. The summed E-state index contributed by atoms with van der Waals surface area (Å²) in [6.45, 7) is 4.09. The van der Waals surface area contributed by atoms with Gasteiger partial charge in [0.1, 0.15) is 11.5 Å². The number of carbonyl (C=O) groups excluding carboxylic acids is 2. The van der Waals surface area contributed by atoms with E-state index in [1.807, 2.05) is 13.8 Å². The molecule has 1 amide bonds. The molecule has 0 fully saturated rings. The first kappa shape index (κ1) is 20.0. The highest BCUT2D eigenvalue weighted by Gasteiger charge is 2.14. The second-order valence-electron chi connectivity index (χ2n) is 5.51. The maximum Gasteiger partial charge on any atom is 0.338 e. The lowest BCUT2D eigenvalue weighted by Gasteiger charge is -2.13. The van der Waals surface area contributed by atoms with Gasteiger partial charge >= 0.3 is 5.97 Å². The fourth-order valence-electron chi connectivity index (χ4n) is 2.22. The molecule has 8 heteroatoms. The number of aryl methyl sites for hydroxylation is 1. The molecule has 1 aromatic heterocycles. The average molecular weight is 374 g/mol. The molecule has 0 atom stereocenters. The summed E-state index contributed by atoms with van der Waals surface area (Å²) < 4.78 is 17.2. The van der Waals surface area contributed by atoms with Crippen molar-refractivity contribution in [3.05, 3.63) is 52.4 Å². The SMILES string of the molecule is CCOc1ccc(OCC)c(NC(=O)COC(=O)c2ccn(C)c(=O)c2)c1. The molecule has 0 spiro atoms. The molecular formula is C19H22N2O6. The Morgan fingerprint density at radius 3 is 2.48 bits per heavy atom. The second-order valence-corrected chi connectivity index (χ2v) is 5.51. The number of amides is 1. The predicted octanol–water partition coefficient (Wildman–Crippen LogP) is 1.98. The molecule has 0 saturated heterocycles. The quantitative estimate of drug-likeness (QED) is 0.710. The van der Waals surface area contributed by atoms with Crippen LogP contribution in [0.1, 0.15) is 24.2 Å². The molecular weight excluding hydrogens is 352 g/mol. The van der Waals surface area contributed by atoms with E-state index in [2.05, 4.69) is 5.32 Å². The monoisotopic (exact) mass is 374 g/mol. The van der Waals surface area contributed by atoms with E-state index in [4.69, 9.17) is 14.2 Å². The maximum atomic E-state index is 12.1. The van der Waals surface area contributed by atoms with E-state index in [-0.39, 0.29) is 11.1 Å². The molecule has 1 N–H and O–H groups in total. The summed E-state index contributed by atoms with van der Waals surface area (Å²) in [6.07, 6.45) is 1.45. The van der Waals surface area contributed by atoms with Crippen molar-refractivity contribution in [1.29, 1.82) is 0 Å². The van der Waals surface area contributed by atoms with E-state index in [9.17, 15) is 14.4 Å². The third-order valence-corrected chi connectivity index (χ3v) is 3.51. The van der Waals surface area contributed by atoms with E-state index in [1.165, 1.54) is 16.8 Å². The standard InChI is InChI=1S/C19H22N2O6/c1-4-25-14-6-7-16(26-5-2)15(11-14)20-17(22)12-27-19(24)13-8-9-21(3)18(23)10-13/h6-11H,4-5,12H2,1-3H3,(H,20,22). The fraction of sp³-hybridized carbons (Fsp3) is 0.316. The lowest BCUT2D eigenvalue weighted by Crippen LogP contribution is -2.23. The molecule has 27 heavy (non-hydrogen) atoms. The van der Waals surface area contributed by atoms with Crippen molar-refractivity contribution < 1.29 is 23.8 Å². The van der Waals surface area contributed by atoms with Crippen LogP contribution in [0.15, 0.2) is 41.3 Å². The molecule has 2 rings (SSSR count). The summed E-state index contributed by atoms with van der Waals surface area (Å²) in [7, 11) is 1.57. The molecule has 1 heterocycles. The minimum Gasteiger partial charge on any atom is -0.494 e. The molecule has 0 unspecified atom stereocenters. The van der Waals surface area contributed by atoms with E-state index in [0.717, 1.165) is 6.07 Å². The van der Waals surface area contributed by atoms with Gasteiger partial charge in [-0.2, -0.15) is 0 Å². The topological polar surface area (TPSA) is 95.9 Å². The summed E-state index contributed by atoms with van der Waals surface area (Å²) in [5.74, 6) is -0.238. The predicted molar refractivity (Wildman–Crippen MR) is 99.4 cm³/mol. The van der Waals surface area contributed by atoms with Crippen molar-refractivity contribution in [2.45, 2.75) is 13.8 Å². The van der Waals surface area contributed by atoms with E-state index >= 15 is 0 Å². The largest absolute Gasteiger partial charge is 0.494 e. The summed E-state index contributed by atoms with van der Waals surface area (Å²) in [5, 5.41) is 2.63. The molecule has 0 saturated carbocycles. The lowest BCUT2D eigenvalue weighted by atomic mass is 10.2. The van der Waals surface area contributed by atoms with Crippen molar-refractivity contribution in [2.24, 2.45) is 7.05 Å². The number of nitrogens with one attached hydrogen (secondary N) is 1. The van der Waals surface area contributed by atoms with Gasteiger partial charge in [-0.05, 0) is 32.0 Å². The van der Waals surface area contributed by atoms with Crippen LogP contribution in [0.4, 0.5) is 5.69 Å². The van der Waals surface area contributed by atoms with Gasteiger partial charge < -0.3 is 24.1 Å². The summed E-state index contributed by atoms with van der Waals surface area (Å²) in [5.41, 5.74) is 0.152. The number of benzene rings is 1. The van der Waals surface area contributed by atoms with Gasteiger partial charge in [-0.15, -0.1) is 0 Å². The number of hydrogen-bond donors (Lipinski definition) is 1. The Hall–Kier alpha value is -3.29. The minimum atomic E-state index is -0.754. The molecule has 144 valence electrons. The summed E-state index contributed by atoms with van der Waals surface area (Å²) in [6, 6.07) is 7.66. The van der Waals surface area contributed by atoms with Gasteiger partial charge in [-0.1, -0.05) is 0 Å². The van der Waals surface area contributed by atoms with Crippen LogP contribution in [-0.2, 0) is 16.6 Å². The number of nitrogens with zero attached hydrogens (tertiary/aromatic N) is 1. The molecule has 2 aromatic rings. The van der Waals surface area contributed by atoms with Crippen molar-refractivity contribution in [1.82, 2.24) is 4.57 Å². The zero-order valence-corrected chi connectivity index (χ0v) is 15.5. The summed E-state index contributed by atoms with van der Waals surface area (Å²) >= 11 is 0. The molecule has 0 aliphatic rings. The van der Waals surface area contributed by atoms with Crippen LogP contribution in [0.25, 0.3) is 0 Å². The maximum absolute atomic E-state index is 12.1. The smallest absolute Gasteiger partial charge is 0.338 e. The van der Waals surface area contributed by atoms with Gasteiger partial charge in [-0.25, -0.2) is 4.79 Å². The van der Waals surface area contributed by atoms with Crippen LogP contribution in [0.3, 0.4) is 0 Å². The Bertz CT molecular complexity index is 875. The van der Waals surface area contributed by atoms with Crippen molar-refractivity contribution in [2.75, 3.05) is 25.1 Å². The molecule has 0 radical (unpaired) electrons. The highest BCUT2D eigenvalue weighted by Crippen LogP contribution is 2.29. The van der Waals surface area contributed by atoms with Gasteiger partial charge in [0.15, 0.2) is 6.61 Å². The van der Waals surface area contributed by atoms with Crippen LogP contribution in [0.5, 0.6) is 11.5 Å². The Balaban J connectivity index is 2.02. The first-order valence-electron chi connectivity index (χ1n) is 8.47. The molecule has 1 aromatic carbocycles. The fourth-order valence-corrected chi connectivity index (χ4v) is 2.22. The summed E-state index contributed by atoms with van der Waals surface area (Å²) in [4.78, 5) is 35.7. The van der Waals surface area contributed by atoms with Crippen LogP contribution < -0.4 is 20.3 Å². The van der Waals surface area contributed by atoms with Crippen LogP contribution in [0, 0.1) is 0 Å². The van der Waals surface area contributed by atoms with Crippen LogP contribution in [-0.4, -0.2) is 36.3 Å². The highest BCUT2D eigenvalue weighted by molar-refractivity contribution is 5.96. The number of carbonyl (C=O) groups is 2. The first-order chi connectivity index (χ1) is 12.9. The van der Waals surface area contributed by atoms with Gasteiger partial charge in [0.2, 0.25) is 0 Å². The van der Waals surface area contributed by atoms with E-state index in [0.29, 0.717) is 30.4 Å². The zero-order chi connectivity index (χ0) is 19.8. The Kier molecular flexibility index (Phi) is 6.99. The van der Waals surface area contributed by atoms with Gasteiger partial charge in [0, 0.05) is 25.4 Å². The Morgan fingerprint density at radius 1 is 1.07 bits per heavy atom. The number of rotatable bonds is 8. The third-order valence-electron chi connectivity index (χ3n) is 3.51. The number of hydrogen-bond acceptors (Lipinski definition) is 6. The van der Waals surface area contributed by atoms with Crippen molar-refractivity contribution in [3.8, 4) is 11.5 Å². The first-order valence-corrected chi connectivity index (χ1v) is 8.47. The minimum absolute atomic E-state index is 0.0826. The second kappa shape index (κ2) is 9.42. The number of ether oxygens (including phenoxy) is 3. The normalized spacial score (nSPS) is 10.2. The Morgan fingerprint density at radius 2 is 1.81 bits per heavy atom. The van der Waals surface area contributed by atoms with Gasteiger partial charge in [-0.3, -0.25) is 9.59 Å². The van der Waals surface area contributed by atoms with Crippen LogP contribution >= 0.6 is 0 Å². The molecule has 8 nitrogen and oxygen atoms in total. The van der Waals surface area contributed by atoms with Gasteiger partial charge in [0.25, 0.3) is 11.5 Å². The molecule has 0 aliphatic carbocycles.